The number of nitrogens with one attached hydrogen (secondary N) is 1. The quantitative estimate of drug-likeness (QED) is 0.572. The molecule has 142 valence electrons. The van der Waals surface area contributed by atoms with Gasteiger partial charge in [-0.3, -0.25) is 9.36 Å². The number of aromatic amines is 1. The number of rotatable bonds is 4. The Morgan fingerprint density at radius 1 is 1.30 bits per heavy atom. The van der Waals surface area contributed by atoms with Crippen LogP contribution < -0.4 is 5.56 Å². The maximum atomic E-state index is 13.3. The van der Waals surface area contributed by atoms with Gasteiger partial charge in [0.2, 0.25) is 0 Å². The van der Waals surface area contributed by atoms with E-state index in [1.165, 1.54) is 16.9 Å². The molecule has 0 bridgehead atoms. The maximum Gasteiger partial charge on any atom is 0.263 e. The zero-order chi connectivity index (χ0) is 19.2. The van der Waals surface area contributed by atoms with Gasteiger partial charge in [0.25, 0.3) is 5.56 Å². The van der Waals surface area contributed by atoms with Crippen LogP contribution in [0.2, 0.25) is 0 Å². The maximum absolute atomic E-state index is 13.3. The molecule has 1 N–H and O–H groups in total. The van der Waals surface area contributed by atoms with Crippen LogP contribution in [-0.4, -0.2) is 9.55 Å². The molecule has 3 aromatic rings. The van der Waals surface area contributed by atoms with Gasteiger partial charge in [0, 0.05) is 4.88 Å². The number of aromatic nitrogens is 2. The average molecular weight is 399 g/mol. The number of fused-ring (bicyclic) bond motifs is 3. The molecule has 0 radical (unpaired) electrons. The highest BCUT2D eigenvalue weighted by atomic mass is 32.1. The Hall–Kier alpha value is -1.72. The number of thiophene rings is 1. The molecule has 1 aliphatic rings. The molecule has 0 saturated heterocycles. The average Bonchev–Trinajstić information content (AvgIpc) is 3.03. The molecular formula is C22H26N2OS2. The van der Waals surface area contributed by atoms with Gasteiger partial charge in [0.1, 0.15) is 4.83 Å². The minimum absolute atomic E-state index is 0.0586. The van der Waals surface area contributed by atoms with Crippen LogP contribution in [0.1, 0.15) is 49.6 Å². The summed E-state index contributed by atoms with van der Waals surface area (Å²) in [6.45, 7) is 7.54. The summed E-state index contributed by atoms with van der Waals surface area (Å²) in [7, 11) is 0. The molecule has 0 spiro atoms. The van der Waals surface area contributed by atoms with E-state index in [1.54, 1.807) is 15.9 Å². The number of benzene rings is 1. The molecule has 0 unspecified atom stereocenters. The summed E-state index contributed by atoms with van der Waals surface area (Å²) in [4.78, 5) is 19.0. The van der Waals surface area contributed by atoms with Crippen molar-refractivity contribution in [1.29, 1.82) is 0 Å². The van der Waals surface area contributed by atoms with Gasteiger partial charge in [0.05, 0.1) is 11.9 Å². The Morgan fingerprint density at radius 3 is 2.74 bits per heavy atom. The van der Waals surface area contributed by atoms with Gasteiger partial charge < -0.3 is 4.98 Å². The molecule has 1 aromatic carbocycles. The van der Waals surface area contributed by atoms with Crippen LogP contribution in [0.25, 0.3) is 10.2 Å². The van der Waals surface area contributed by atoms with E-state index in [0.29, 0.717) is 22.6 Å². The molecule has 0 amide bonds. The molecule has 0 aliphatic heterocycles. The van der Waals surface area contributed by atoms with Crippen molar-refractivity contribution in [1.82, 2.24) is 9.55 Å². The van der Waals surface area contributed by atoms with Crippen molar-refractivity contribution in [3.8, 4) is 0 Å². The van der Waals surface area contributed by atoms with E-state index in [9.17, 15) is 4.79 Å². The van der Waals surface area contributed by atoms with Crippen LogP contribution >= 0.6 is 23.6 Å². The van der Waals surface area contributed by atoms with Crippen molar-refractivity contribution >= 4 is 33.8 Å². The Labute approximate surface area is 169 Å². The fourth-order valence-electron chi connectivity index (χ4n) is 4.16. The first-order valence-electron chi connectivity index (χ1n) is 9.72. The predicted molar refractivity (Wildman–Crippen MR) is 116 cm³/mol. The van der Waals surface area contributed by atoms with Crippen molar-refractivity contribution in [2.24, 2.45) is 11.3 Å². The lowest BCUT2D eigenvalue weighted by Gasteiger charge is -2.36. The second-order valence-electron chi connectivity index (χ2n) is 8.30. The van der Waals surface area contributed by atoms with Crippen molar-refractivity contribution in [2.45, 2.75) is 53.0 Å². The third-order valence-corrected chi connectivity index (χ3v) is 7.88. The van der Waals surface area contributed by atoms with Gasteiger partial charge in [0.15, 0.2) is 4.77 Å². The van der Waals surface area contributed by atoms with Gasteiger partial charge in [-0.25, -0.2) is 0 Å². The molecular weight excluding hydrogens is 372 g/mol. The van der Waals surface area contributed by atoms with Crippen LogP contribution in [0.4, 0.5) is 0 Å². The normalized spacial score (nSPS) is 17.2. The van der Waals surface area contributed by atoms with E-state index in [2.05, 4.69) is 25.8 Å². The Morgan fingerprint density at radius 2 is 2.04 bits per heavy atom. The Balaban J connectivity index is 1.79. The van der Waals surface area contributed by atoms with E-state index in [-0.39, 0.29) is 5.56 Å². The molecule has 1 aliphatic carbocycles. The van der Waals surface area contributed by atoms with E-state index in [4.69, 9.17) is 12.2 Å². The fraction of sp³-hybridized carbons (Fsp3) is 0.455. The molecule has 5 heteroatoms. The summed E-state index contributed by atoms with van der Waals surface area (Å²) >= 11 is 7.26. The summed E-state index contributed by atoms with van der Waals surface area (Å²) in [6.07, 6.45) is 4.42. The Bertz CT molecular complexity index is 1090. The summed E-state index contributed by atoms with van der Waals surface area (Å²) in [6, 6.07) is 10.0. The number of hydrogen-bond acceptors (Lipinski definition) is 3. The number of H-pyrrole nitrogens is 1. The molecule has 3 nitrogen and oxygen atoms in total. The SMILES string of the molecule is CCC(C)(C)[C@@H]1CCc2c(sc3[nH]c(=S)n(Cc4ccccc4)c(=O)c23)C1. The van der Waals surface area contributed by atoms with Crippen LogP contribution in [0.15, 0.2) is 35.1 Å². The van der Waals surface area contributed by atoms with E-state index < -0.39 is 0 Å². The Kier molecular flexibility index (Phi) is 4.85. The third-order valence-electron chi connectivity index (χ3n) is 6.39. The first-order chi connectivity index (χ1) is 12.9. The molecule has 4 rings (SSSR count). The van der Waals surface area contributed by atoms with Crippen LogP contribution in [0, 0.1) is 16.1 Å². The van der Waals surface area contributed by atoms with Gasteiger partial charge >= 0.3 is 0 Å². The first-order valence-corrected chi connectivity index (χ1v) is 10.9. The van der Waals surface area contributed by atoms with E-state index in [0.717, 1.165) is 35.0 Å². The minimum Gasteiger partial charge on any atom is -0.323 e. The topological polar surface area (TPSA) is 37.8 Å². The van der Waals surface area contributed by atoms with E-state index >= 15 is 0 Å². The lowest BCUT2D eigenvalue weighted by molar-refractivity contribution is 0.184. The van der Waals surface area contributed by atoms with Gasteiger partial charge in [-0.15, -0.1) is 11.3 Å². The minimum atomic E-state index is 0.0586. The largest absolute Gasteiger partial charge is 0.323 e. The molecule has 2 heterocycles. The summed E-state index contributed by atoms with van der Waals surface area (Å²) in [5, 5.41) is 0.868. The monoisotopic (exact) mass is 398 g/mol. The number of nitrogens with zero attached hydrogens (tertiary/aromatic N) is 1. The third kappa shape index (κ3) is 3.32. The lowest BCUT2D eigenvalue weighted by Crippen LogP contribution is -2.29. The summed E-state index contributed by atoms with van der Waals surface area (Å²) in [5.41, 5.74) is 2.75. The van der Waals surface area contributed by atoms with Crippen molar-refractivity contribution in [3.63, 3.8) is 0 Å². The highest BCUT2D eigenvalue weighted by molar-refractivity contribution is 7.71. The second kappa shape index (κ2) is 7.02. The molecule has 27 heavy (non-hydrogen) atoms. The van der Waals surface area contributed by atoms with E-state index in [1.807, 2.05) is 30.3 Å². The highest BCUT2D eigenvalue weighted by Gasteiger charge is 2.33. The highest BCUT2D eigenvalue weighted by Crippen LogP contribution is 2.43. The molecule has 1 atom stereocenters. The van der Waals surface area contributed by atoms with Crippen molar-refractivity contribution in [3.05, 3.63) is 61.5 Å². The zero-order valence-corrected chi connectivity index (χ0v) is 17.8. The van der Waals surface area contributed by atoms with Crippen LogP contribution in [-0.2, 0) is 19.4 Å². The van der Waals surface area contributed by atoms with Crippen LogP contribution in [0.5, 0.6) is 0 Å². The van der Waals surface area contributed by atoms with Crippen LogP contribution in [0.3, 0.4) is 0 Å². The standard InChI is InChI=1S/C22H26N2OS2/c1-4-22(2,3)15-10-11-16-17(12-15)27-19-18(16)20(25)24(21(26)23-19)13-14-8-6-5-7-9-14/h5-9,15H,4,10-13H2,1-3H3,(H,23,26)/t15-/m1/s1. The second-order valence-corrected chi connectivity index (χ2v) is 9.79. The number of hydrogen-bond donors (Lipinski definition) is 1. The fourth-order valence-corrected chi connectivity index (χ4v) is 5.79. The van der Waals surface area contributed by atoms with Gasteiger partial charge in [-0.2, -0.15) is 0 Å². The van der Waals surface area contributed by atoms with Crippen molar-refractivity contribution in [2.75, 3.05) is 0 Å². The molecule has 0 saturated carbocycles. The lowest BCUT2D eigenvalue weighted by atomic mass is 9.70. The molecule has 0 fully saturated rings. The van der Waals surface area contributed by atoms with Gasteiger partial charge in [-0.1, -0.05) is 57.5 Å². The van der Waals surface area contributed by atoms with Gasteiger partial charge in [-0.05, 0) is 53.9 Å². The summed E-state index contributed by atoms with van der Waals surface area (Å²) < 4.78 is 2.22. The number of aryl methyl sites for hydroxylation is 1. The molecule has 2 aromatic heterocycles. The first kappa shape index (κ1) is 18.6. The van der Waals surface area contributed by atoms with Crippen molar-refractivity contribution < 1.29 is 0 Å². The summed E-state index contributed by atoms with van der Waals surface area (Å²) in [5.74, 6) is 0.678. The predicted octanol–water partition coefficient (Wildman–Crippen LogP) is 5.71. The zero-order valence-electron chi connectivity index (χ0n) is 16.2. The smallest absolute Gasteiger partial charge is 0.263 e.